The molecule has 2 aliphatic rings. The van der Waals surface area contributed by atoms with Gasteiger partial charge in [0.2, 0.25) is 5.95 Å². The van der Waals surface area contributed by atoms with Gasteiger partial charge in [0, 0.05) is 45.2 Å². The van der Waals surface area contributed by atoms with Crippen LogP contribution >= 0.6 is 8.53 Å². The van der Waals surface area contributed by atoms with Gasteiger partial charge in [-0.15, -0.1) is 0 Å². The number of esters is 2. The Morgan fingerprint density at radius 2 is 1.36 bits per heavy atom. The van der Waals surface area contributed by atoms with Gasteiger partial charge in [-0.25, -0.2) is 9.65 Å². The zero-order valence-corrected chi connectivity index (χ0v) is 49.0. The van der Waals surface area contributed by atoms with E-state index in [4.69, 9.17) is 51.3 Å². The third-order valence-electron chi connectivity index (χ3n) is 12.4. The van der Waals surface area contributed by atoms with Crippen LogP contribution in [0.2, 0.25) is 39.3 Å². The first-order chi connectivity index (χ1) is 33.0. The summed E-state index contributed by atoms with van der Waals surface area (Å²) < 4.78 is 69.5. The number of H-pyrrole nitrogens is 1. The second-order valence-corrected chi connectivity index (χ2v) is 48.1. The van der Waals surface area contributed by atoms with Gasteiger partial charge in [0.15, 0.2) is 17.4 Å². The lowest BCUT2D eigenvalue weighted by Gasteiger charge is -2.50. The Morgan fingerprint density at radius 3 is 1.83 bits per heavy atom. The Labute approximate surface area is 421 Å². The number of fused-ring (bicyclic) bond motifs is 1. The molecule has 1 saturated carbocycles. The van der Waals surface area contributed by atoms with Crippen LogP contribution in [0.15, 0.2) is 11.1 Å². The van der Waals surface area contributed by atoms with Crippen molar-refractivity contribution in [2.75, 3.05) is 45.5 Å². The van der Waals surface area contributed by atoms with Crippen LogP contribution in [0.4, 0.5) is 5.95 Å². The summed E-state index contributed by atoms with van der Waals surface area (Å²) >= 11 is 0. The fraction of sp³-hybridized carbons (Fsp3) is 0.851. The molecule has 0 aromatic carbocycles. The summed E-state index contributed by atoms with van der Waals surface area (Å²) in [5.74, 6) is -0.689. The number of nitrogens with zero attached hydrogens (tertiary/aromatic N) is 4. The van der Waals surface area contributed by atoms with Gasteiger partial charge in [-0.1, -0.05) is 97.1 Å². The summed E-state index contributed by atoms with van der Waals surface area (Å²) in [6.07, 6.45) is 10.9. The molecule has 70 heavy (non-hydrogen) atoms. The van der Waals surface area contributed by atoms with Crippen molar-refractivity contribution in [2.45, 2.75) is 221 Å². The maximum absolute atomic E-state index is 13.6. The number of carbonyl (C=O) groups excluding carboxylic acids is 2. The van der Waals surface area contributed by atoms with E-state index < -0.39 is 79.8 Å². The van der Waals surface area contributed by atoms with E-state index in [1.165, 1.54) is 65.1 Å². The van der Waals surface area contributed by atoms with Crippen molar-refractivity contribution in [3.05, 3.63) is 16.7 Å². The van der Waals surface area contributed by atoms with Crippen LogP contribution in [0, 0.1) is 0 Å². The van der Waals surface area contributed by atoms with E-state index in [1.54, 1.807) is 11.7 Å². The Balaban J connectivity index is 1.91. The summed E-state index contributed by atoms with van der Waals surface area (Å²) in [6.45, 7) is 27.6. The Bertz CT molecular complexity index is 1890. The number of ether oxygens (including phenoxy) is 6. The third kappa shape index (κ3) is 17.5. The molecule has 2 N–H and O–H groups in total. The molecule has 1 aliphatic carbocycles. The maximum atomic E-state index is 13.6. The summed E-state index contributed by atoms with van der Waals surface area (Å²) in [4.78, 5) is 49.3. The predicted octanol–water partition coefficient (Wildman–Crippen LogP) is 9.02. The number of aromatic nitrogens is 4. The molecule has 23 heteroatoms. The average molecular weight is 1060 g/mol. The molecule has 19 nitrogen and oxygen atoms in total. The molecule has 1 unspecified atom stereocenters. The highest BCUT2D eigenvalue weighted by atomic mass is 31.2. The molecule has 1 saturated heterocycles. The van der Waals surface area contributed by atoms with Crippen molar-refractivity contribution >= 4 is 60.4 Å². The fourth-order valence-electron chi connectivity index (χ4n) is 9.60. The van der Waals surface area contributed by atoms with E-state index in [0.717, 1.165) is 25.7 Å². The first kappa shape index (κ1) is 60.4. The van der Waals surface area contributed by atoms with Gasteiger partial charge in [0.1, 0.15) is 46.7 Å². The van der Waals surface area contributed by atoms with Crippen LogP contribution in [-0.2, 0) is 55.9 Å². The highest BCUT2D eigenvalue weighted by Gasteiger charge is 2.62. The van der Waals surface area contributed by atoms with Crippen molar-refractivity contribution in [1.82, 2.24) is 24.2 Å². The molecular weight excluding hydrogens is 972 g/mol. The Hall–Kier alpha value is -2.19. The van der Waals surface area contributed by atoms with Crippen LogP contribution < -0.4 is 10.9 Å². The first-order valence-electron chi connectivity index (χ1n) is 25.6. The molecule has 402 valence electrons. The quantitative estimate of drug-likeness (QED) is 0.0296. The van der Waals surface area contributed by atoms with Crippen LogP contribution in [0.3, 0.4) is 0 Å². The van der Waals surface area contributed by atoms with Crippen LogP contribution in [0.25, 0.3) is 11.2 Å². The molecule has 3 heterocycles. The molecule has 2 fully saturated rings. The zero-order chi connectivity index (χ0) is 51.8. The van der Waals surface area contributed by atoms with Crippen LogP contribution in [0.1, 0.15) is 132 Å². The molecule has 0 spiro atoms. The van der Waals surface area contributed by atoms with Crippen molar-refractivity contribution in [1.29, 1.82) is 0 Å². The zero-order valence-electron chi connectivity index (χ0n) is 45.1. The molecular formula is C47H89N6O13PSi3. The monoisotopic (exact) mass is 1060 g/mol. The Morgan fingerprint density at radius 1 is 0.829 bits per heavy atom. The van der Waals surface area contributed by atoms with Crippen molar-refractivity contribution in [3.8, 4) is 0 Å². The van der Waals surface area contributed by atoms with E-state index in [2.05, 4.69) is 86.9 Å². The van der Waals surface area contributed by atoms with Gasteiger partial charge in [0.25, 0.3) is 28.2 Å². The molecule has 0 radical (unpaired) electrons. The smallest absolute Gasteiger partial charge is 0.302 e. The van der Waals surface area contributed by atoms with Gasteiger partial charge in [0.05, 0.1) is 26.1 Å². The number of hydrogen-bond acceptors (Lipinski definition) is 17. The minimum Gasteiger partial charge on any atom is -0.463 e. The number of hydrogen-bond donors (Lipinski definition) is 2. The predicted molar refractivity (Wildman–Crippen MR) is 280 cm³/mol. The third-order valence-corrected chi connectivity index (χ3v) is 46.5. The number of imidazole rings is 1. The second kappa shape index (κ2) is 28.5. The van der Waals surface area contributed by atoms with E-state index >= 15 is 0 Å². The molecule has 0 amide bonds. The van der Waals surface area contributed by atoms with Crippen LogP contribution in [0.5, 0.6) is 0 Å². The minimum atomic E-state index is -3.01. The van der Waals surface area contributed by atoms with Gasteiger partial charge in [-0.2, -0.15) is 4.98 Å². The van der Waals surface area contributed by atoms with Crippen LogP contribution in [-0.4, -0.2) is 148 Å². The van der Waals surface area contributed by atoms with Crippen molar-refractivity contribution in [3.63, 3.8) is 0 Å². The largest absolute Gasteiger partial charge is 0.463 e. The lowest BCUT2D eigenvalue weighted by molar-refractivity contribution is -0.320. The van der Waals surface area contributed by atoms with E-state index in [-0.39, 0.29) is 74.4 Å². The summed E-state index contributed by atoms with van der Waals surface area (Å²) in [7, 11) is -7.58. The number of rotatable bonds is 26. The topological polar surface area (TPSA) is 205 Å². The Kier molecular flexibility index (Phi) is 24.6. The highest BCUT2D eigenvalue weighted by molar-refractivity contribution is 7.64. The molecule has 0 bridgehead atoms. The standard InChI is InChI=1S/C47H89N6O13PSi3/c1-33(2)49-46-50-43-40(44(56)51-46)48-32-52(43)45-42(64-47(60-29-27-58-36(7)54)61-30-28-59-37(8)55)41(65-67(57-9)53(34(3)4)35(5)6)39(63-45)31-62-70(68(10,11)12,69(13,14)15)66-38-25-23-21-19-17-16-18-20-22-24-26-38/h32-35,38-39,41-42,45,47H,16-31H2,1-15H3,(H2,49,50,51,56)/t39-,41-,42-,45-,67?/m1/s1. The lowest BCUT2D eigenvalue weighted by Crippen LogP contribution is -2.76. The van der Waals surface area contributed by atoms with Crippen molar-refractivity contribution < 1.29 is 55.9 Å². The normalized spacial score (nSPS) is 21.2. The van der Waals surface area contributed by atoms with Gasteiger partial charge >= 0.3 is 11.9 Å². The molecule has 2 aromatic rings. The maximum Gasteiger partial charge on any atom is 0.302 e. The second-order valence-electron chi connectivity index (χ2n) is 21.4. The van der Waals surface area contributed by atoms with Gasteiger partial charge in [-0.3, -0.25) is 23.9 Å². The number of anilines is 1. The first-order valence-corrected chi connectivity index (χ1v) is 37.6. The van der Waals surface area contributed by atoms with Gasteiger partial charge < -0.3 is 51.6 Å². The van der Waals surface area contributed by atoms with E-state index in [9.17, 15) is 14.4 Å². The molecule has 1 aliphatic heterocycles. The SMILES string of the molecule is COP(O[C@H]1[C@@H](OC(OCCOC(C)=O)OCCOC(C)=O)[C@H](n2cnc3c(=O)[nH]c(NC(C)C)nc32)O[C@@H]1CO[Si](OC1CCCCCCCCCCC1)([Si](C)(C)C)[Si](C)(C)C)N(C(C)C)C(C)C. The molecule has 4 rings (SSSR count). The summed E-state index contributed by atoms with van der Waals surface area (Å²) in [5, 5.41) is 3.21. The summed E-state index contributed by atoms with van der Waals surface area (Å²) in [6, 6.07) is 0.00895. The minimum absolute atomic E-state index is 0.0267. The number of aromatic amines is 1. The molecule has 2 aromatic heterocycles. The number of carbonyl (C=O) groups is 2. The highest BCUT2D eigenvalue weighted by Crippen LogP contribution is 2.50. The number of nitrogens with one attached hydrogen (secondary N) is 2. The van der Waals surface area contributed by atoms with E-state index in [1.807, 2.05) is 13.8 Å². The summed E-state index contributed by atoms with van der Waals surface area (Å²) in [5.41, 5.74) is -0.0968. The van der Waals surface area contributed by atoms with E-state index in [0.29, 0.717) is 0 Å². The van der Waals surface area contributed by atoms with Gasteiger partial charge in [-0.05, 0) is 54.4 Å². The molecule has 5 atom stereocenters. The van der Waals surface area contributed by atoms with Crippen molar-refractivity contribution in [2.24, 2.45) is 0 Å². The average Bonchev–Trinajstić information content (AvgIpc) is 3.82. The lowest BCUT2D eigenvalue weighted by atomic mass is 10.00. The fourth-order valence-corrected chi connectivity index (χ4v) is 49.4.